The van der Waals surface area contributed by atoms with Crippen molar-refractivity contribution in [2.24, 2.45) is 0 Å². The first-order valence-corrected chi connectivity index (χ1v) is 7.88. The zero-order chi connectivity index (χ0) is 17.7. The molecular formula is C17H19N3O3S. The average Bonchev–Trinajstić information content (AvgIpc) is 2.51. The van der Waals surface area contributed by atoms with E-state index in [-0.39, 0.29) is 10.8 Å². The summed E-state index contributed by atoms with van der Waals surface area (Å²) in [4.78, 5) is 10.8. The molecule has 0 saturated carbocycles. The number of hydrogen-bond donors (Lipinski definition) is 2. The van der Waals surface area contributed by atoms with E-state index in [1.54, 1.807) is 12.1 Å². The smallest absolute Gasteiger partial charge is 0.296 e. The Balaban J connectivity index is 2.17. The fraction of sp³-hybridized carbons (Fsp3) is 0.235. The summed E-state index contributed by atoms with van der Waals surface area (Å²) in [5, 5.41) is 17.5. The van der Waals surface area contributed by atoms with Gasteiger partial charge in [-0.1, -0.05) is 17.7 Å². The van der Waals surface area contributed by atoms with Gasteiger partial charge in [-0.2, -0.15) is 0 Å². The fourth-order valence-electron chi connectivity index (χ4n) is 2.25. The highest BCUT2D eigenvalue weighted by Gasteiger charge is 2.16. The molecule has 0 aliphatic carbocycles. The number of thiocarbonyl (C=S) groups is 1. The lowest BCUT2D eigenvalue weighted by atomic mass is 10.1. The Kier molecular flexibility index (Phi) is 5.70. The minimum Gasteiger partial charge on any atom is -0.494 e. The van der Waals surface area contributed by atoms with Crippen LogP contribution < -0.4 is 15.4 Å². The third kappa shape index (κ3) is 4.42. The van der Waals surface area contributed by atoms with Gasteiger partial charge in [0.1, 0.15) is 11.4 Å². The van der Waals surface area contributed by atoms with E-state index in [2.05, 4.69) is 10.6 Å². The van der Waals surface area contributed by atoms with Crippen molar-refractivity contribution in [3.05, 3.63) is 57.6 Å². The van der Waals surface area contributed by atoms with Gasteiger partial charge in [0.15, 0.2) is 5.11 Å². The SMILES string of the molecule is CCOc1ccc(NC(=S)Nc2ccc(C)cc2C)c([N+](=O)[O-])c1. The van der Waals surface area contributed by atoms with Crippen LogP contribution in [-0.2, 0) is 0 Å². The maximum Gasteiger partial charge on any atom is 0.296 e. The lowest BCUT2D eigenvalue weighted by molar-refractivity contribution is -0.384. The van der Waals surface area contributed by atoms with Crippen molar-refractivity contribution in [2.45, 2.75) is 20.8 Å². The van der Waals surface area contributed by atoms with Crippen LogP contribution in [0.25, 0.3) is 0 Å². The zero-order valence-electron chi connectivity index (χ0n) is 13.8. The lowest BCUT2D eigenvalue weighted by Crippen LogP contribution is -2.20. The largest absolute Gasteiger partial charge is 0.494 e. The van der Waals surface area contributed by atoms with Gasteiger partial charge in [-0.25, -0.2) is 0 Å². The molecule has 0 aliphatic heterocycles. The maximum atomic E-state index is 11.3. The standard InChI is InChI=1S/C17H19N3O3S/c1-4-23-13-6-8-15(16(10-13)20(21)22)19-17(24)18-14-7-5-11(2)9-12(14)3/h5-10H,4H2,1-3H3,(H2,18,19,24). The van der Waals surface area contributed by atoms with Gasteiger partial charge in [-0.15, -0.1) is 0 Å². The van der Waals surface area contributed by atoms with Gasteiger partial charge in [-0.05, 0) is 56.8 Å². The van der Waals surface area contributed by atoms with Crippen molar-refractivity contribution < 1.29 is 9.66 Å². The molecular weight excluding hydrogens is 326 g/mol. The van der Waals surface area contributed by atoms with Crippen molar-refractivity contribution in [1.29, 1.82) is 0 Å². The summed E-state index contributed by atoms with van der Waals surface area (Å²) < 4.78 is 5.30. The minimum absolute atomic E-state index is 0.0919. The van der Waals surface area contributed by atoms with Crippen LogP contribution in [0, 0.1) is 24.0 Å². The number of benzene rings is 2. The number of nitrogens with zero attached hydrogens (tertiary/aromatic N) is 1. The molecule has 2 aromatic carbocycles. The molecule has 6 nitrogen and oxygen atoms in total. The quantitative estimate of drug-likeness (QED) is 0.475. The molecule has 0 atom stereocenters. The molecule has 0 aliphatic rings. The predicted octanol–water partition coefficient (Wildman–Crippen LogP) is 4.42. The number of nitrogens with one attached hydrogen (secondary N) is 2. The van der Waals surface area contributed by atoms with Crippen LogP contribution >= 0.6 is 12.2 Å². The summed E-state index contributed by atoms with van der Waals surface area (Å²) in [6.45, 7) is 6.24. The second kappa shape index (κ2) is 7.74. The number of rotatable bonds is 5. The number of ether oxygens (including phenoxy) is 1. The van der Waals surface area contributed by atoms with E-state index in [0.717, 1.165) is 16.8 Å². The van der Waals surface area contributed by atoms with Gasteiger partial charge >= 0.3 is 0 Å². The molecule has 126 valence electrons. The van der Waals surface area contributed by atoms with Crippen molar-refractivity contribution in [3.8, 4) is 5.75 Å². The normalized spacial score (nSPS) is 10.1. The minimum atomic E-state index is -0.468. The molecule has 0 heterocycles. The van der Waals surface area contributed by atoms with Crippen molar-refractivity contribution >= 4 is 34.4 Å². The van der Waals surface area contributed by atoms with Crippen molar-refractivity contribution in [3.63, 3.8) is 0 Å². The molecule has 0 fully saturated rings. The van der Waals surface area contributed by atoms with Crippen LogP contribution in [0.5, 0.6) is 5.75 Å². The second-order valence-electron chi connectivity index (χ2n) is 5.27. The molecule has 2 rings (SSSR count). The average molecular weight is 345 g/mol. The molecule has 0 amide bonds. The number of nitro groups is 1. The predicted molar refractivity (Wildman–Crippen MR) is 100 cm³/mol. The first kappa shape index (κ1) is 17.7. The molecule has 0 bridgehead atoms. The summed E-state index contributed by atoms with van der Waals surface area (Å²) in [6, 6.07) is 10.6. The van der Waals surface area contributed by atoms with Crippen LogP contribution in [0.2, 0.25) is 0 Å². The molecule has 0 unspecified atom stereocenters. The topological polar surface area (TPSA) is 76.4 Å². The maximum absolute atomic E-state index is 11.3. The van der Waals surface area contributed by atoms with Gasteiger partial charge in [0.25, 0.3) is 5.69 Å². The van der Waals surface area contributed by atoms with E-state index >= 15 is 0 Å². The Morgan fingerprint density at radius 3 is 2.46 bits per heavy atom. The summed E-state index contributed by atoms with van der Waals surface area (Å²) in [5.41, 5.74) is 3.27. The molecule has 0 saturated heterocycles. The van der Waals surface area contributed by atoms with Crippen molar-refractivity contribution in [1.82, 2.24) is 0 Å². The van der Waals surface area contributed by atoms with Gasteiger partial charge in [0.2, 0.25) is 0 Å². The van der Waals surface area contributed by atoms with E-state index < -0.39 is 4.92 Å². The Bertz CT molecular complexity index is 778. The summed E-state index contributed by atoms with van der Waals surface area (Å²) in [6.07, 6.45) is 0. The number of anilines is 2. The molecule has 24 heavy (non-hydrogen) atoms. The summed E-state index contributed by atoms with van der Waals surface area (Å²) in [5.74, 6) is 0.447. The third-order valence-electron chi connectivity index (χ3n) is 3.36. The van der Waals surface area contributed by atoms with E-state index in [1.165, 1.54) is 6.07 Å². The van der Waals surface area contributed by atoms with Crippen LogP contribution in [0.15, 0.2) is 36.4 Å². The third-order valence-corrected chi connectivity index (χ3v) is 3.56. The highest BCUT2D eigenvalue weighted by molar-refractivity contribution is 7.80. The zero-order valence-corrected chi connectivity index (χ0v) is 14.6. The molecule has 2 aromatic rings. The molecule has 0 aromatic heterocycles. The van der Waals surface area contributed by atoms with E-state index in [4.69, 9.17) is 17.0 Å². The second-order valence-corrected chi connectivity index (χ2v) is 5.67. The van der Waals surface area contributed by atoms with Crippen LogP contribution in [-0.4, -0.2) is 16.6 Å². The molecule has 0 spiro atoms. The monoisotopic (exact) mass is 345 g/mol. The number of hydrogen-bond acceptors (Lipinski definition) is 4. The fourth-order valence-corrected chi connectivity index (χ4v) is 2.47. The Labute approximate surface area is 146 Å². The van der Waals surface area contributed by atoms with Crippen LogP contribution in [0.1, 0.15) is 18.1 Å². The lowest BCUT2D eigenvalue weighted by Gasteiger charge is -2.13. The highest BCUT2D eigenvalue weighted by Crippen LogP contribution is 2.29. The summed E-state index contributed by atoms with van der Waals surface area (Å²) >= 11 is 5.26. The van der Waals surface area contributed by atoms with Crippen LogP contribution in [0.3, 0.4) is 0 Å². The first-order valence-electron chi connectivity index (χ1n) is 7.47. The highest BCUT2D eigenvalue weighted by atomic mass is 32.1. The first-order chi connectivity index (χ1) is 11.4. The Morgan fingerprint density at radius 2 is 1.83 bits per heavy atom. The van der Waals surface area contributed by atoms with Gasteiger partial charge in [0, 0.05) is 5.69 Å². The van der Waals surface area contributed by atoms with Crippen LogP contribution in [0.4, 0.5) is 17.1 Å². The Hall–Kier alpha value is -2.67. The van der Waals surface area contributed by atoms with Gasteiger partial charge in [-0.3, -0.25) is 10.1 Å². The number of nitro benzene ring substituents is 1. The molecule has 7 heteroatoms. The van der Waals surface area contributed by atoms with Crippen molar-refractivity contribution in [2.75, 3.05) is 17.2 Å². The molecule has 0 radical (unpaired) electrons. The Morgan fingerprint density at radius 1 is 1.17 bits per heavy atom. The van der Waals surface area contributed by atoms with Gasteiger partial charge < -0.3 is 15.4 Å². The van der Waals surface area contributed by atoms with E-state index in [0.29, 0.717) is 18.0 Å². The summed E-state index contributed by atoms with van der Waals surface area (Å²) in [7, 11) is 0. The van der Waals surface area contributed by atoms with E-state index in [9.17, 15) is 10.1 Å². The molecule has 2 N–H and O–H groups in total. The number of aryl methyl sites for hydroxylation is 2. The van der Waals surface area contributed by atoms with E-state index in [1.807, 2.05) is 39.0 Å². The van der Waals surface area contributed by atoms with Gasteiger partial charge in [0.05, 0.1) is 17.6 Å².